The van der Waals surface area contributed by atoms with Gasteiger partial charge in [0.15, 0.2) is 0 Å². The Kier molecular flexibility index (Phi) is 6.28. The van der Waals surface area contributed by atoms with Crippen LogP contribution < -0.4 is 11.1 Å². The van der Waals surface area contributed by atoms with E-state index in [9.17, 15) is 4.79 Å². The van der Waals surface area contributed by atoms with Gasteiger partial charge in [0.2, 0.25) is 5.91 Å². The SMILES string of the molecule is CC(=O)Nc1ccc([C@@H](N)C2CCOCC2)cc1.Cl. The lowest BCUT2D eigenvalue weighted by Gasteiger charge is -2.28. The second-order valence-electron chi connectivity index (χ2n) is 4.78. The van der Waals surface area contributed by atoms with E-state index in [1.54, 1.807) is 0 Å². The van der Waals surface area contributed by atoms with Crippen molar-refractivity contribution in [2.24, 2.45) is 11.7 Å². The van der Waals surface area contributed by atoms with Crippen LogP contribution in [0.15, 0.2) is 24.3 Å². The van der Waals surface area contributed by atoms with Crippen molar-refractivity contribution < 1.29 is 9.53 Å². The van der Waals surface area contributed by atoms with Gasteiger partial charge in [-0.3, -0.25) is 4.79 Å². The van der Waals surface area contributed by atoms with E-state index in [0.717, 1.165) is 37.3 Å². The molecule has 0 saturated carbocycles. The molecule has 4 nitrogen and oxygen atoms in total. The highest BCUT2D eigenvalue weighted by Gasteiger charge is 2.22. The van der Waals surface area contributed by atoms with Gasteiger partial charge in [-0.1, -0.05) is 12.1 Å². The van der Waals surface area contributed by atoms with Crippen molar-refractivity contribution in [3.63, 3.8) is 0 Å². The van der Waals surface area contributed by atoms with E-state index in [1.807, 2.05) is 24.3 Å². The third-order valence-electron chi connectivity index (χ3n) is 3.39. The van der Waals surface area contributed by atoms with Crippen LogP contribution >= 0.6 is 12.4 Å². The van der Waals surface area contributed by atoms with Crippen LogP contribution in [0, 0.1) is 5.92 Å². The van der Waals surface area contributed by atoms with Gasteiger partial charge < -0.3 is 15.8 Å². The Bertz CT molecular complexity index is 402. The van der Waals surface area contributed by atoms with Crippen LogP contribution in [-0.4, -0.2) is 19.1 Å². The largest absolute Gasteiger partial charge is 0.381 e. The minimum Gasteiger partial charge on any atom is -0.381 e. The average Bonchev–Trinajstić information content (AvgIpc) is 2.39. The van der Waals surface area contributed by atoms with E-state index in [0.29, 0.717) is 5.92 Å². The fourth-order valence-corrected chi connectivity index (χ4v) is 2.34. The third-order valence-corrected chi connectivity index (χ3v) is 3.39. The molecule has 1 saturated heterocycles. The van der Waals surface area contributed by atoms with Gasteiger partial charge in [0.05, 0.1) is 0 Å². The second kappa shape index (κ2) is 7.48. The predicted octanol–water partition coefficient (Wildman–Crippen LogP) is 2.49. The van der Waals surface area contributed by atoms with E-state index in [2.05, 4.69) is 5.32 Å². The Labute approximate surface area is 120 Å². The summed E-state index contributed by atoms with van der Waals surface area (Å²) in [5.74, 6) is 0.432. The topological polar surface area (TPSA) is 64.4 Å². The lowest BCUT2D eigenvalue weighted by Crippen LogP contribution is -2.27. The number of hydrogen-bond donors (Lipinski definition) is 2. The number of halogens is 1. The first-order valence-corrected chi connectivity index (χ1v) is 6.37. The Morgan fingerprint density at radius 2 is 1.89 bits per heavy atom. The molecule has 0 aliphatic carbocycles. The molecule has 0 radical (unpaired) electrons. The molecule has 0 bridgehead atoms. The maximum Gasteiger partial charge on any atom is 0.221 e. The number of anilines is 1. The van der Waals surface area contributed by atoms with Crippen molar-refractivity contribution in [2.75, 3.05) is 18.5 Å². The van der Waals surface area contributed by atoms with Gasteiger partial charge in [-0.15, -0.1) is 12.4 Å². The summed E-state index contributed by atoms with van der Waals surface area (Å²) in [4.78, 5) is 10.9. The van der Waals surface area contributed by atoms with Crippen LogP contribution in [0.4, 0.5) is 5.69 Å². The molecule has 2 rings (SSSR count). The first-order chi connectivity index (χ1) is 8.66. The molecule has 0 spiro atoms. The molecule has 1 amide bonds. The zero-order chi connectivity index (χ0) is 13.0. The van der Waals surface area contributed by atoms with E-state index in [4.69, 9.17) is 10.5 Å². The van der Waals surface area contributed by atoms with Gasteiger partial charge in [-0.05, 0) is 36.5 Å². The molecular formula is C14H21ClN2O2. The number of nitrogens with two attached hydrogens (primary N) is 1. The number of carbonyl (C=O) groups excluding carboxylic acids is 1. The molecule has 3 N–H and O–H groups in total. The summed E-state index contributed by atoms with van der Waals surface area (Å²) in [6, 6.07) is 7.84. The highest BCUT2D eigenvalue weighted by atomic mass is 35.5. The number of nitrogens with one attached hydrogen (secondary N) is 1. The molecule has 1 aliphatic rings. The zero-order valence-corrected chi connectivity index (χ0v) is 11.9. The van der Waals surface area contributed by atoms with Crippen molar-refractivity contribution in [3.8, 4) is 0 Å². The molecule has 1 fully saturated rings. The van der Waals surface area contributed by atoms with Crippen LogP contribution in [0.1, 0.15) is 31.4 Å². The van der Waals surface area contributed by atoms with E-state index >= 15 is 0 Å². The van der Waals surface area contributed by atoms with E-state index in [1.165, 1.54) is 6.92 Å². The Morgan fingerprint density at radius 1 is 1.32 bits per heavy atom. The summed E-state index contributed by atoms with van der Waals surface area (Å²) in [5, 5.41) is 2.75. The minimum atomic E-state index is -0.0588. The van der Waals surface area contributed by atoms with Crippen LogP contribution in [0.2, 0.25) is 0 Å². The van der Waals surface area contributed by atoms with Crippen LogP contribution in [-0.2, 0) is 9.53 Å². The summed E-state index contributed by atoms with van der Waals surface area (Å²) in [7, 11) is 0. The third kappa shape index (κ3) is 4.49. The second-order valence-corrected chi connectivity index (χ2v) is 4.78. The molecule has 0 aromatic heterocycles. The number of rotatable bonds is 3. The number of ether oxygens (including phenoxy) is 1. The lowest BCUT2D eigenvalue weighted by atomic mass is 9.88. The highest BCUT2D eigenvalue weighted by Crippen LogP contribution is 2.28. The van der Waals surface area contributed by atoms with Crippen LogP contribution in [0.5, 0.6) is 0 Å². The van der Waals surface area contributed by atoms with Crippen molar-refractivity contribution in [1.29, 1.82) is 0 Å². The van der Waals surface area contributed by atoms with Gasteiger partial charge >= 0.3 is 0 Å². The maximum absolute atomic E-state index is 10.9. The van der Waals surface area contributed by atoms with Gasteiger partial charge in [0.1, 0.15) is 0 Å². The fourth-order valence-electron chi connectivity index (χ4n) is 2.34. The Hall–Kier alpha value is -1.10. The number of hydrogen-bond acceptors (Lipinski definition) is 3. The quantitative estimate of drug-likeness (QED) is 0.896. The molecule has 1 aliphatic heterocycles. The Morgan fingerprint density at radius 3 is 2.42 bits per heavy atom. The van der Waals surface area contributed by atoms with Crippen molar-refractivity contribution in [3.05, 3.63) is 29.8 Å². The van der Waals surface area contributed by atoms with Crippen molar-refractivity contribution in [1.82, 2.24) is 0 Å². The minimum absolute atomic E-state index is 0. The first-order valence-electron chi connectivity index (χ1n) is 6.37. The molecule has 5 heteroatoms. The predicted molar refractivity (Wildman–Crippen MR) is 78.5 cm³/mol. The fraction of sp³-hybridized carbons (Fsp3) is 0.500. The molecule has 19 heavy (non-hydrogen) atoms. The smallest absolute Gasteiger partial charge is 0.221 e. The van der Waals surface area contributed by atoms with Gasteiger partial charge in [-0.2, -0.15) is 0 Å². The molecule has 1 aromatic carbocycles. The van der Waals surface area contributed by atoms with Crippen LogP contribution in [0.25, 0.3) is 0 Å². The summed E-state index contributed by atoms with van der Waals surface area (Å²) in [6.45, 7) is 3.12. The normalized spacial score (nSPS) is 17.4. The number of amides is 1. The highest BCUT2D eigenvalue weighted by molar-refractivity contribution is 5.88. The van der Waals surface area contributed by atoms with Crippen LogP contribution in [0.3, 0.4) is 0 Å². The molecule has 1 atom stereocenters. The standard InChI is InChI=1S/C14H20N2O2.ClH/c1-10(17)16-13-4-2-11(3-5-13)14(15)12-6-8-18-9-7-12;/h2-5,12,14H,6-9,15H2,1H3,(H,16,17);1H/t14-;/m1./s1. The molecule has 106 valence electrons. The van der Waals surface area contributed by atoms with E-state index < -0.39 is 0 Å². The first kappa shape index (κ1) is 16.0. The number of benzene rings is 1. The monoisotopic (exact) mass is 284 g/mol. The zero-order valence-electron chi connectivity index (χ0n) is 11.1. The van der Waals surface area contributed by atoms with Crippen molar-refractivity contribution >= 4 is 24.0 Å². The molecular weight excluding hydrogens is 264 g/mol. The number of carbonyl (C=O) groups is 1. The van der Waals surface area contributed by atoms with Crippen molar-refractivity contribution in [2.45, 2.75) is 25.8 Å². The summed E-state index contributed by atoms with van der Waals surface area (Å²) in [5.41, 5.74) is 8.21. The summed E-state index contributed by atoms with van der Waals surface area (Å²) in [6.07, 6.45) is 2.04. The average molecular weight is 285 g/mol. The van der Waals surface area contributed by atoms with Gasteiger partial charge in [0, 0.05) is 31.9 Å². The molecule has 0 unspecified atom stereocenters. The van der Waals surface area contributed by atoms with Gasteiger partial charge in [-0.25, -0.2) is 0 Å². The van der Waals surface area contributed by atoms with E-state index in [-0.39, 0.29) is 24.4 Å². The Balaban J connectivity index is 0.00000180. The van der Waals surface area contributed by atoms with Gasteiger partial charge in [0.25, 0.3) is 0 Å². The maximum atomic E-state index is 10.9. The lowest BCUT2D eigenvalue weighted by molar-refractivity contribution is -0.114. The molecule has 1 heterocycles. The molecule has 1 aromatic rings. The summed E-state index contributed by atoms with van der Waals surface area (Å²) >= 11 is 0. The summed E-state index contributed by atoms with van der Waals surface area (Å²) < 4.78 is 5.35.